The number of nitro benzene ring substituents is 1. The molecule has 5 heteroatoms. The van der Waals surface area contributed by atoms with Crippen molar-refractivity contribution in [2.24, 2.45) is 5.92 Å². The Morgan fingerprint density at radius 2 is 1.90 bits per heavy atom. The summed E-state index contributed by atoms with van der Waals surface area (Å²) in [6.45, 7) is 9.37. The van der Waals surface area contributed by atoms with E-state index in [1.165, 1.54) is 0 Å². The zero-order valence-electron chi connectivity index (χ0n) is 13.7. The van der Waals surface area contributed by atoms with Gasteiger partial charge >= 0.3 is 5.69 Å². The van der Waals surface area contributed by atoms with Gasteiger partial charge in [0.1, 0.15) is 11.4 Å². The minimum absolute atomic E-state index is 0.174. The molecule has 1 N–H and O–H groups in total. The quantitative estimate of drug-likeness (QED) is 0.574. The molecule has 0 unspecified atom stereocenters. The standard InChI is InChI=1S/C16H27N3O2/c1-6-13(7-2)18(11-12(3)4)15-10-8-9-14(17-5)16(15)19(20)21/h8-10,12-13,17H,6-7,11H2,1-5H3. The van der Waals surface area contributed by atoms with Crippen molar-refractivity contribution in [1.82, 2.24) is 0 Å². The summed E-state index contributed by atoms with van der Waals surface area (Å²) in [5, 5.41) is 14.5. The molecule has 0 aliphatic carbocycles. The third-order valence-electron chi connectivity index (χ3n) is 3.72. The Bertz CT molecular complexity index is 471. The summed E-state index contributed by atoms with van der Waals surface area (Å²) in [5.41, 5.74) is 1.46. The average Bonchev–Trinajstić information content (AvgIpc) is 2.46. The van der Waals surface area contributed by atoms with Gasteiger partial charge in [-0.15, -0.1) is 0 Å². The molecule has 0 saturated heterocycles. The molecule has 0 heterocycles. The van der Waals surface area contributed by atoms with Crippen LogP contribution in [0.2, 0.25) is 0 Å². The Labute approximate surface area is 127 Å². The maximum Gasteiger partial charge on any atom is 0.315 e. The van der Waals surface area contributed by atoms with Crippen LogP contribution in [0.15, 0.2) is 18.2 Å². The molecule has 21 heavy (non-hydrogen) atoms. The highest BCUT2D eigenvalue weighted by Crippen LogP contribution is 2.37. The van der Waals surface area contributed by atoms with Gasteiger partial charge in [-0.25, -0.2) is 0 Å². The fraction of sp³-hybridized carbons (Fsp3) is 0.625. The molecule has 1 aromatic rings. The molecule has 0 amide bonds. The fourth-order valence-corrected chi connectivity index (χ4v) is 2.72. The summed E-state index contributed by atoms with van der Waals surface area (Å²) in [4.78, 5) is 13.4. The fourth-order valence-electron chi connectivity index (χ4n) is 2.72. The van der Waals surface area contributed by atoms with Crippen LogP contribution in [0.3, 0.4) is 0 Å². The normalized spacial score (nSPS) is 11.0. The first-order valence-electron chi connectivity index (χ1n) is 7.67. The molecule has 0 atom stereocenters. The van der Waals surface area contributed by atoms with Crippen LogP contribution in [0.5, 0.6) is 0 Å². The summed E-state index contributed by atoms with van der Waals surface area (Å²) in [5.74, 6) is 0.448. The number of rotatable bonds is 8. The summed E-state index contributed by atoms with van der Waals surface area (Å²) >= 11 is 0. The summed E-state index contributed by atoms with van der Waals surface area (Å²) in [6, 6.07) is 5.81. The second-order valence-electron chi connectivity index (χ2n) is 5.70. The lowest BCUT2D eigenvalue weighted by atomic mass is 10.0. The second-order valence-corrected chi connectivity index (χ2v) is 5.70. The Hall–Kier alpha value is -1.78. The zero-order valence-corrected chi connectivity index (χ0v) is 13.7. The van der Waals surface area contributed by atoms with Gasteiger partial charge < -0.3 is 10.2 Å². The highest BCUT2D eigenvalue weighted by atomic mass is 16.6. The molecule has 0 saturated carbocycles. The largest absolute Gasteiger partial charge is 0.382 e. The minimum Gasteiger partial charge on any atom is -0.382 e. The summed E-state index contributed by atoms with van der Waals surface area (Å²) < 4.78 is 0. The van der Waals surface area contributed by atoms with Gasteiger partial charge in [0.25, 0.3) is 0 Å². The molecule has 1 rings (SSSR count). The molecule has 118 valence electrons. The van der Waals surface area contributed by atoms with Crippen LogP contribution < -0.4 is 10.2 Å². The van der Waals surface area contributed by atoms with Gasteiger partial charge in [-0.1, -0.05) is 33.8 Å². The maximum absolute atomic E-state index is 11.5. The molecule has 0 aliphatic rings. The van der Waals surface area contributed by atoms with Crippen molar-refractivity contribution in [3.63, 3.8) is 0 Å². The predicted molar refractivity (Wildman–Crippen MR) is 89.2 cm³/mol. The van der Waals surface area contributed by atoms with E-state index < -0.39 is 0 Å². The number of anilines is 2. The lowest BCUT2D eigenvalue weighted by Gasteiger charge is -2.34. The lowest BCUT2D eigenvalue weighted by Crippen LogP contribution is -2.37. The predicted octanol–water partition coefficient (Wildman–Crippen LogP) is 4.29. The highest BCUT2D eigenvalue weighted by Gasteiger charge is 2.27. The molecular formula is C16H27N3O2. The van der Waals surface area contributed by atoms with E-state index in [0.717, 1.165) is 19.4 Å². The minimum atomic E-state index is -0.281. The van der Waals surface area contributed by atoms with Crippen LogP contribution >= 0.6 is 0 Å². The van der Waals surface area contributed by atoms with Crippen molar-refractivity contribution >= 4 is 17.1 Å². The maximum atomic E-state index is 11.5. The van der Waals surface area contributed by atoms with Crippen LogP contribution in [-0.4, -0.2) is 24.6 Å². The zero-order chi connectivity index (χ0) is 16.0. The molecule has 0 fully saturated rings. The van der Waals surface area contributed by atoms with Crippen molar-refractivity contribution in [2.75, 3.05) is 23.8 Å². The van der Waals surface area contributed by atoms with Gasteiger partial charge in [0.2, 0.25) is 0 Å². The molecule has 5 nitrogen and oxygen atoms in total. The summed E-state index contributed by atoms with van der Waals surface area (Å²) in [7, 11) is 1.72. The Morgan fingerprint density at radius 1 is 1.29 bits per heavy atom. The Balaban J connectivity index is 3.38. The van der Waals surface area contributed by atoms with Gasteiger partial charge in [-0.3, -0.25) is 10.1 Å². The molecular weight excluding hydrogens is 266 g/mol. The van der Waals surface area contributed by atoms with E-state index in [4.69, 9.17) is 0 Å². The number of nitrogens with zero attached hydrogens (tertiary/aromatic N) is 2. The number of benzene rings is 1. The third-order valence-corrected chi connectivity index (χ3v) is 3.72. The number of nitrogens with one attached hydrogen (secondary N) is 1. The monoisotopic (exact) mass is 293 g/mol. The van der Waals surface area contributed by atoms with Crippen molar-refractivity contribution < 1.29 is 4.92 Å². The Kier molecular flexibility index (Phi) is 6.46. The topological polar surface area (TPSA) is 58.4 Å². The van der Waals surface area contributed by atoms with Crippen LogP contribution in [0.1, 0.15) is 40.5 Å². The van der Waals surface area contributed by atoms with Gasteiger partial charge in [0, 0.05) is 19.6 Å². The molecule has 0 aromatic heterocycles. The van der Waals surface area contributed by atoms with Crippen LogP contribution in [0, 0.1) is 16.0 Å². The van der Waals surface area contributed by atoms with E-state index in [1.54, 1.807) is 13.1 Å². The van der Waals surface area contributed by atoms with Crippen LogP contribution in [0.4, 0.5) is 17.1 Å². The SMILES string of the molecule is CCC(CC)N(CC(C)C)c1cccc(NC)c1[N+](=O)[O-]. The van der Waals surface area contributed by atoms with E-state index in [1.807, 2.05) is 12.1 Å². The van der Waals surface area contributed by atoms with Gasteiger partial charge in [-0.05, 0) is 30.9 Å². The highest BCUT2D eigenvalue weighted by molar-refractivity contribution is 5.77. The number of para-hydroxylation sites is 1. The second kappa shape index (κ2) is 7.86. The first-order chi connectivity index (χ1) is 9.96. The van der Waals surface area contributed by atoms with Crippen molar-refractivity contribution in [3.8, 4) is 0 Å². The van der Waals surface area contributed by atoms with Crippen molar-refractivity contribution in [1.29, 1.82) is 0 Å². The molecule has 0 bridgehead atoms. The van der Waals surface area contributed by atoms with Gasteiger partial charge in [0.05, 0.1) is 4.92 Å². The molecule has 1 aromatic carbocycles. The van der Waals surface area contributed by atoms with Crippen molar-refractivity contribution in [3.05, 3.63) is 28.3 Å². The first kappa shape index (κ1) is 17.3. The van der Waals surface area contributed by atoms with Crippen LogP contribution in [-0.2, 0) is 0 Å². The Morgan fingerprint density at radius 3 is 2.33 bits per heavy atom. The van der Waals surface area contributed by atoms with Crippen molar-refractivity contribution in [2.45, 2.75) is 46.6 Å². The van der Waals surface area contributed by atoms with E-state index in [-0.39, 0.29) is 10.6 Å². The van der Waals surface area contributed by atoms with E-state index in [9.17, 15) is 10.1 Å². The van der Waals surface area contributed by atoms with E-state index >= 15 is 0 Å². The first-order valence-corrected chi connectivity index (χ1v) is 7.67. The van der Waals surface area contributed by atoms with E-state index in [2.05, 4.69) is 37.9 Å². The van der Waals surface area contributed by atoms with E-state index in [0.29, 0.717) is 23.3 Å². The van der Waals surface area contributed by atoms with Crippen LogP contribution in [0.25, 0.3) is 0 Å². The molecule has 0 spiro atoms. The lowest BCUT2D eigenvalue weighted by molar-refractivity contribution is -0.383. The number of hydrogen-bond donors (Lipinski definition) is 1. The third kappa shape index (κ3) is 4.09. The number of hydrogen-bond acceptors (Lipinski definition) is 4. The summed E-state index contributed by atoms with van der Waals surface area (Å²) in [6.07, 6.45) is 1.95. The molecule has 0 radical (unpaired) electrons. The smallest absolute Gasteiger partial charge is 0.315 e. The molecule has 0 aliphatic heterocycles. The average molecular weight is 293 g/mol. The van der Waals surface area contributed by atoms with Gasteiger partial charge in [0.15, 0.2) is 0 Å². The number of nitro groups is 1. The van der Waals surface area contributed by atoms with Gasteiger partial charge in [-0.2, -0.15) is 0 Å².